The Morgan fingerprint density at radius 2 is 1.75 bits per heavy atom. The van der Waals surface area contributed by atoms with Gasteiger partial charge >= 0.3 is 7.60 Å². The number of aliphatic hydroxyl groups excluding tert-OH is 1. The van der Waals surface area contributed by atoms with E-state index in [1.54, 1.807) is 18.2 Å². The van der Waals surface area contributed by atoms with Gasteiger partial charge in [-0.1, -0.05) is 53.0 Å². The van der Waals surface area contributed by atoms with Gasteiger partial charge in [-0.3, -0.25) is 0 Å². The van der Waals surface area contributed by atoms with Gasteiger partial charge in [-0.2, -0.15) is 0 Å². The molecule has 1 aromatic rings. The van der Waals surface area contributed by atoms with Gasteiger partial charge in [0.15, 0.2) is 0 Å². The van der Waals surface area contributed by atoms with Gasteiger partial charge < -0.3 is 14.5 Å². The molecule has 0 saturated heterocycles. The average molecular weight is 305 g/mol. The number of rotatable bonds is 3. The first-order valence-corrected chi connectivity index (χ1v) is 6.83. The van der Waals surface area contributed by atoms with Crippen LogP contribution in [0.15, 0.2) is 30.3 Å². The summed E-state index contributed by atoms with van der Waals surface area (Å²) in [4.78, 5) is 9.40. The van der Waals surface area contributed by atoms with Crippen LogP contribution in [0.5, 0.6) is 5.75 Å². The number of para-hydroxylation sites is 1. The lowest BCUT2D eigenvalue weighted by atomic mass is 10.3. The molecule has 1 rings (SSSR count). The van der Waals surface area contributed by atoms with Crippen molar-refractivity contribution >= 4 is 42.4 Å². The zero-order valence-electron chi connectivity index (χ0n) is 7.76. The standard InChI is InChI=1S/C8H8Cl3O4P/c9-8(10,11)7(12)16(13,14)15-6-4-2-1-3-5-6/h1-5,7,12H,(H,13,14). The summed E-state index contributed by atoms with van der Waals surface area (Å²) in [5, 5.41) is 9.34. The van der Waals surface area contributed by atoms with Gasteiger partial charge in [0.25, 0.3) is 0 Å². The molecular weight excluding hydrogens is 297 g/mol. The van der Waals surface area contributed by atoms with Gasteiger partial charge in [0.1, 0.15) is 5.75 Å². The van der Waals surface area contributed by atoms with Crippen molar-refractivity contribution in [1.82, 2.24) is 0 Å². The molecule has 0 saturated carbocycles. The first-order valence-electron chi connectivity index (χ1n) is 4.05. The minimum Gasteiger partial charge on any atom is -0.423 e. The molecule has 0 bridgehead atoms. The van der Waals surface area contributed by atoms with Gasteiger partial charge in [0.05, 0.1) is 0 Å². The van der Waals surface area contributed by atoms with Crippen LogP contribution in [-0.2, 0) is 4.57 Å². The van der Waals surface area contributed by atoms with E-state index < -0.39 is 17.2 Å². The van der Waals surface area contributed by atoms with E-state index >= 15 is 0 Å². The minimum absolute atomic E-state index is 0.0987. The van der Waals surface area contributed by atoms with E-state index in [1.165, 1.54) is 12.1 Å². The normalized spacial score (nSPS) is 17.6. The Morgan fingerprint density at radius 3 is 2.19 bits per heavy atom. The van der Waals surface area contributed by atoms with Gasteiger partial charge in [-0.25, -0.2) is 4.57 Å². The van der Waals surface area contributed by atoms with Crippen molar-refractivity contribution in [2.24, 2.45) is 0 Å². The van der Waals surface area contributed by atoms with Crippen LogP contribution in [0.3, 0.4) is 0 Å². The highest BCUT2D eigenvalue weighted by Gasteiger charge is 2.46. The molecule has 0 aliphatic rings. The van der Waals surface area contributed by atoms with Crippen LogP contribution in [0, 0.1) is 0 Å². The predicted molar refractivity (Wildman–Crippen MR) is 63.2 cm³/mol. The van der Waals surface area contributed by atoms with Crippen molar-refractivity contribution in [3.05, 3.63) is 30.3 Å². The summed E-state index contributed by atoms with van der Waals surface area (Å²) in [5.41, 5.74) is 0. The molecule has 0 aliphatic heterocycles. The summed E-state index contributed by atoms with van der Waals surface area (Å²) in [7, 11) is -4.47. The number of benzene rings is 1. The predicted octanol–water partition coefficient (Wildman–Crippen LogP) is 2.94. The largest absolute Gasteiger partial charge is 0.423 e. The van der Waals surface area contributed by atoms with E-state index in [1.807, 2.05) is 0 Å². The first kappa shape index (κ1) is 14.1. The Hall–Kier alpha value is 0.0400. The summed E-state index contributed by atoms with van der Waals surface area (Å²) < 4.78 is 14.0. The van der Waals surface area contributed by atoms with Crippen LogP contribution < -0.4 is 4.52 Å². The molecule has 0 spiro atoms. The van der Waals surface area contributed by atoms with Gasteiger partial charge in [-0.15, -0.1) is 0 Å². The van der Waals surface area contributed by atoms with Crippen LogP contribution in [0.25, 0.3) is 0 Å². The maximum Gasteiger partial charge on any atom is 0.409 e. The van der Waals surface area contributed by atoms with E-state index in [-0.39, 0.29) is 5.75 Å². The van der Waals surface area contributed by atoms with Crippen LogP contribution in [0.4, 0.5) is 0 Å². The van der Waals surface area contributed by atoms with Crippen molar-refractivity contribution in [2.75, 3.05) is 0 Å². The number of aliphatic hydroxyl groups is 1. The highest BCUT2D eigenvalue weighted by atomic mass is 35.6. The van der Waals surface area contributed by atoms with Crippen molar-refractivity contribution in [1.29, 1.82) is 0 Å². The fourth-order valence-electron chi connectivity index (χ4n) is 0.867. The molecule has 0 heterocycles. The smallest absolute Gasteiger partial charge is 0.409 e. The fraction of sp³-hybridized carbons (Fsp3) is 0.250. The van der Waals surface area contributed by atoms with Crippen molar-refractivity contribution < 1.29 is 19.1 Å². The maximum atomic E-state index is 11.6. The molecular formula is C8H8Cl3O4P. The molecule has 0 fully saturated rings. The second-order valence-corrected chi connectivity index (χ2v) is 7.05. The number of alkyl halides is 3. The quantitative estimate of drug-likeness (QED) is 0.665. The molecule has 8 heteroatoms. The third-order valence-corrected chi connectivity index (χ3v) is 4.14. The molecule has 0 aliphatic carbocycles. The summed E-state index contributed by atoms with van der Waals surface area (Å²) >= 11 is 15.9. The Labute approximate surface area is 107 Å². The summed E-state index contributed by atoms with van der Waals surface area (Å²) in [5.74, 6) is -2.02. The third kappa shape index (κ3) is 3.81. The van der Waals surface area contributed by atoms with Crippen LogP contribution in [0.2, 0.25) is 0 Å². The van der Waals surface area contributed by atoms with Crippen LogP contribution >= 0.6 is 42.4 Å². The summed E-state index contributed by atoms with van der Waals surface area (Å²) in [6.07, 6.45) is 0. The summed E-state index contributed by atoms with van der Waals surface area (Å²) in [6, 6.07) is 7.76. The molecule has 2 atom stereocenters. The number of halogens is 3. The SMILES string of the molecule is O=P(O)(Oc1ccccc1)C(O)C(Cl)(Cl)Cl. The van der Waals surface area contributed by atoms with Crippen molar-refractivity contribution in [3.63, 3.8) is 0 Å². The van der Waals surface area contributed by atoms with E-state index in [2.05, 4.69) is 0 Å². The molecule has 0 radical (unpaired) electrons. The van der Waals surface area contributed by atoms with E-state index in [0.717, 1.165) is 0 Å². The minimum atomic E-state index is -4.47. The van der Waals surface area contributed by atoms with Crippen molar-refractivity contribution in [3.8, 4) is 5.75 Å². The van der Waals surface area contributed by atoms with Gasteiger partial charge in [0.2, 0.25) is 9.64 Å². The van der Waals surface area contributed by atoms with E-state index in [4.69, 9.17) is 39.3 Å². The number of hydrogen-bond donors (Lipinski definition) is 2. The number of hydrogen-bond acceptors (Lipinski definition) is 3. The van der Waals surface area contributed by atoms with Crippen molar-refractivity contribution in [2.45, 2.75) is 9.64 Å². The van der Waals surface area contributed by atoms with Gasteiger partial charge in [-0.05, 0) is 12.1 Å². The lowest BCUT2D eigenvalue weighted by Crippen LogP contribution is -2.26. The Kier molecular flexibility index (Phi) is 4.52. The summed E-state index contributed by atoms with van der Waals surface area (Å²) in [6.45, 7) is 0. The van der Waals surface area contributed by atoms with E-state index in [0.29, 0.717) is 0 Å². The van der Waals surface area contributed by atoms with Gasteiger partial charge in [0, 0.05) is 0 Å². The monoisotopic (exact) mass is 304 g/mol. The first-order chi connectivity index (χ1) is 7.23. The zero-order chi connectivity index (χ0) is 12.4. The average Bonchev–Trinajstić information content (AvgIpc) is 2.16. The third-order valence-electron chi connectivity index (χ3n) is 1.58. The second kappa shape index (κ2) is 5.13. The highest BCUT2D eigenvalue weighted by Crippen LogP contribution is 2.54. The highest BCUT2D eigenvalue weighted by molar-refractivity contribution is 7.54. The second-order valence-electron chi connectivity index (χ2n) is 2.88. The molecule has 2 unspecified atom stereocenters. The molecule has 16 heavy (non-hydrogen) atoms. The van der Waals surface area contributed by atoms with Crippen LogP contribution in [0.1, 0.15) is 0 Å². The lowest BCUT2D eigenvalue weighted by molar-refractivity contribution is 0.209. The molecule has 0 amide bonds. The molecule has 1 aromatic carbocycles. The van der Waals surface area contributed by atoms with Crippen LogP contribution in [-0.4, -0.2) is 19.6 Å². The Balaban J connectivity index is 2.84. The topological polar surface area (TPSA) is 66.8 Å². The Morgan fingerprint density at radius 1 is 1.25 bits per heavy atom. The molecule has 0 aromatic heterocycles. The fourth-order valence-corrected chi connectivity index (χ4v) is 2.87. The zero-order valence-corrected chi connectivity index (χ0v) is 10.9. The van der Waals surface area contributed by atoms with E-state index in [9.17, 15) is 14.6 Å². The molecule has 90 valence electrons. The Bertz CT molecular complexity index is 392. The maximum absolute atomic E-state index is 11.6. The molecule has 2 N–H and O–H groups in total. The lowest BCUT2D eigenvalue weighted by Gasteiger charge is -2.23. The molecule has 4 nitrogen and oxygen atoms in total.